The fourth-order valence-electron chi connectivity index (χ4n) is 8.36. The number of benzene rings is 8. The van der Waals surface area contributed by atoms with E-state index in [9.17, 15) is 13.0 Å². The molecule has 0 aliphatic carbocycles. The van der Waals surface area contributed by atoms with E-state index in [1.807, 2.05) is 97.1 Å². The van der Waals surface area contributed by atoms with Crippen molar-refractivity contribution >= 4 is 67.4 Å². The minimum absolute atomic E-state index is 0. The van der Waals surface area contributed by atoms with Gasteiger partial charge < -0.3 is 38.2 Å². The molecule has 9 rings (SSSR count). The standard InChI is InChI=1S/C56H51N3O7S2.Cs/c1-38(68(60,61)62)34-35-57-53-36-41(39-6-12-43(13-7-39)58(45-16-24-49(63-2)25-17-45)46-18-26-50(64-3)27-19-46)10-32-55(53)67-56-33-11-42(37-54(56)57)40-8-14-44(15-9-40)59(47-20-28-51(65-4)29-21-47)48-22-30-52(66-5)31-23-48;/h6-33,36-38H,34-35H2,1-5H3,(H,60,61,62);/q;+1/p-1. The summed E-state index contributed by atoms with van der Waals surface area (Å²) in [6, 6.07) is 61.6. The van der Waals surface area contributed by atoms with Gasteiger partial charge in [0.25, 0.3) is 0 Å². The van der Waals surface area contributed by atoms with Gasteiger partial charge in [0, 0.05) is 55.7 Å². The SMILES string of the molecule is COc1ccc(N(c2ccc(OC)cc2)c2ccc(-c3ccc4c(c3)N(CCC(C)S(=O)(=O)[O-])c3cc(-c5ccc(N(c6ccc(OC)cc6)c6ccc(OC)cc6)cc5)ccc3S4)cc2)cc1.[Cs+]. The topological polar surface area (TPSA) is 104 Å². The van der Waals surface area contributed by atoms with Gasteiger partial charge in [0.05, 0.1) is 49.9 Å². The van der Waals surface area contributed by atoms with Crippen LogP contribution in [0.2, 0.25) is 0 Å². The summed E-state index contributed by atoms with van der Waals surface area (Å²) in [5.74, 6) is 3.09. The molecule has 10 nitrogen and oxygen atoms in total. The van der Waals surface area contributed by atoms with E-state index in [2.05, 4.69) is 99.6 Å². The molecule has 1 aliphatic rings. The molecule has 1 aliphatic heterocycles. The van der Waals surface area contributed by atoms with E-state index < -0.39 is 15.4 Å². The smallest absolute Gasteiger partial charge is 0.748 e. The van der Waals surface area contributed by atoms with Crippen LogP contribution in [-0.2, 0) is 10.1 Å². The van der Waals surface area contributed by atoms with E-state index in [1.54, 1.807) is 40.2 Å². The minimum Gasteiger partial charge on any atom is -0.748 e. The van der Waals surface area contributed by atoms with Gasteiger partial charge in [0.1, 0.15) is 23.0 Å². The number of nitrogens with zero attached hydrogens (tertiary/aromatic N) is 3. The first-order chi connectivity index (χ1) is 33.0. The summed E-state index contributed by atoms with van der Waals surface area (Å²) < 4.78 is 58.4. The Morgan fingerprint density at radius 3 is 1.01 bits per heavy atom. The van der Waals surface area contributed by atoms with Crippen molar-refractivity contribution in [3.05, 3.63) is 182 Å². The summed E-state index contributed by atoms with van der Waals surface area (Å²) in [6.07, 6.45) is 0.159. The van der Waals surface area contributed by atoms with Gasteiger partial charge in [-0.3, -0.25) is 0 Å². The Bertz CT molecular complexity index is 2830. The third-order valence-corrected chi connectivity index (χ3v) is 14.6. The van der Waals surface area contributed by atoms with Crippen molar-refractivity contribution in [2.75, 3.05) is 49.7 Å². The second kappa shape index (κ2) is 22.2. The normalized spacial score (nSPS) is 12.2. The average molecular weight is 1070 g/mol. The Hall–Kier alpha value is -5.33. The largest absolute Gasteiger partial charge is 1.00 e. The molecular weight excluding hydrogens is 1020 g/mol. The van der Waals surface area contributed by atoms with Crippen LogP contribution in [0.5, 0.6) is 23.0 Å². The van der Waals surface area contributed by atoms with Crippen molar-refractivity contribution in [3.8, 4) is 45.3 Å². The van der Waals surface area contributed by atoms with Gasteiger partial charge in [-0.1, -0.05) is 48.2 Å². The summed E-state index contributed by atoms with van der Waals surface area (Å²) in [5, 5.41) is -1.06. The zero-order valence-corrected chi connectivity index (χ0v) is 47.2. The number of fused-ring (bicyclic) bond motifs is 2. The molecule has 0 saturated carbocycles. The molecule has 1 unspecified atom stereocenters. The van der Waals surface area contributed by atoms with Crippen molar-refractivity contribution in [2.45, 2.75) is 28.4 Å². The quantitative estimate of drug-likeness (QED) is 0.0864. The fourth-order valence-corrected chi connectivity index (χ4v) is 9.81. The molecule has 0 fully saturated rings. The second-order valence-corrected chi connectivity index (χ2v) is 19.1. The molecule has 0 spiro atoms. The van der Waals surface area contributed by atoms with Crippen LogP contribution >= 0.6 is 11.8 Å². The van der Waals surface area contributed by atoms with Crippen LogP contribution in [0.3, 0.4) is 0 Å². The van der Waals surface area contributed by atoms with E-state index in [1.165, 1.54) is 6.92 Å². The number of anilines is 8. The van der Waals surface area contributed by atoms with Crippen LogP contribution in [0, 0.1) is 0 Å². The number of ether oxygens (including phenoxy) is 4. The summed E-state index contributed by atoms with van der Waals surface area (Å²) in [5.41, 5.74) is 11.7. The Morgan fingerprint density at radius 1 is 0.464 bits per heavy atom. The van der Waals surface area contributed by atoms with Crippen LogP contribution in [0.4, 0.5) is 45.5 Å². The van der Waals surface area contributed by atoms with Crippen molar-refractivity contribution < 1.29 is 101 Å². The van der Waals surface area contributed by atoms with Crippen LogP contribution in [0.1, 0.15) is 13.3 Å². The Labute approximate surface area is 468 Å². The molecule has 1 atom stereocenters. The molecule has 8 aromatic rings. The zero-order chi connectivity index (χ0) is 47.4. The first-order valence-electron chi connectivity index (χ1n) is 22.1. The summed E-state index contributed by atoms with van der Waals surface area (Å²) in [7, 11) is 2.14. The monoisotopic (exact) mass is 1070 g/mol. The minimum atomic E-state index is -4.49. The van der Waals surface area contributed by atoms with Crippen LogP contribution in [0.15, 0.2) is 192 Å². The molecule has 0 amide bonds. The number of methoxy groups -OCH3 is 4. The van der Waals surface area contributed by atoms with Gasteiger partial charge in [-0.25, -0.2) is 8.42 Å². The van der Waals surface area contributed by atoms with E-state index in [-0.39, 0.29) is 75.3 Å². The molecule has 0 radical (unpaired) electrons. The average Bonchev–Trinajstić information content (AvgIpc) is 3.38. The molecule has 69 heavy (non-hydrogen) atoms. The van der Waals surface area contributed by atoms with Gasteiger partial charge in [-0.05, 0) is 181 Å². The predicted octanol–water partition coefficient (Wildman–Crippen LogP) is 10.9. The molecule has 0 N–H and O–H groups in total. The van der Waals surface area contributed by atoms with E-state index in [0.29, 0.717) is 6.54 Å². The molecule has 0 bridgehead atoms. The van der Waals surface area contributed by atoms with E-state index >= 15 is 0 Å². The maximum Gasteiger partial charge on any atom is 1.00 e. The van der Waals surface area contributed by atoms with Gasteiger partial charge in [0.15, 0.2) is 0 Å². The molecule has 0 saturated heterocycles. The number of rotatable bonds is 16. The van der Waals surface area contributed by atoms with E-state index in [4.69, 9.17) is 18.9 Å². The third-order valence-electron chi connectivity index (χ3n) is 12.2. The number of hydrogen-bond donors (Lipinski definition) is 0. The number of hydrogen-bond acceptors (Lipinski definition) is 11. The van der Waals surface area contributed by atoms with Gasteiger partial charge >= 0.3 is 68.9 Å². The molecule has 344 valence electrons. The van der Waals surface area contributed by atoms with Crippen LogP contribution in [-0.4, -0.2) is 53.2 Å². The van der Waals surface area contributed by atoms with Crippen LogP contribution < -0.4 is 103 Å². The third kappa shape index (κ3) is 11.2. The Kier molecular flexibility index (Phi) is 16.1. The Balaban J connectivity index is 0.00000642. The van der Waals surface area contributed by atoms with Crippen molar-refractivity contribution in [2.24, 2.45) is 0 Å². The molecule has 8 aromatic carbocycles. The molecule has 1 heterocycles. The summed E-state index contributed by atoms with van der Waals surface area (Å²) in [6.45, 7) is 1.81. The van der Waals surface area contributed by atoms with Gasteiger partial charge in [-0.15, -0.1) is 0 Å². The van der Waals surface area contributed by atoms with Crippen molar-refractivity contribution in [3.63, 3.8) is 0 Å². The molecular formula is C56H50CsN3O7S2. The summed E-state index contributed by atoms with van der Waals surface area (Å²) >= 11 is 1.68. The Morgan fingerprint density at radius 2 is 0.739 bits per heavy atom. The maximum absolute atomic E-state index is 12.2. The first kappa shape index (κ1) is 50.1. The maximum atomic E-state index is 12.2. The van der Waals surface area contributed by atoms with Crippen LogP contribution in [0.25, 0.3) is 22.3 Å². The molecule has 0 aromatic heterocycles. The van der Waals surface area contributed by atoms with Gasteiger partial charge in [-0.2, -0.15) is 0 Å². The van der Waals surface area contributed by atoms with Crippen molar-refractivity contribution in [1.29, 1.82) is 0 Å². The second-order valence-electron chi connectivity index (χ2n) is 16.3. The van der Waals surface area contributed by atoms with E-state index in [0.717, 1.165) is 101 Å². The molecule has 13 heteroatoms. The van der Waals surface area contributed by atoms with Crippen molar-refractivity contribution in [1.82, 2.24) is 0 Å². The fraction of sp³-hybridized carbons (Fsp3) is 0.143. The predicted molar refractivity (Wildman–Crippen MR) is 274 cm³/mol. The zero-order valence-electron chi connectivity index (χ0n) is 39.3. The first-order valence-corrected chi connectivity index (χ1v) is 24.4. The van der Waals surface area contributed by atoms with Gasteiger partial charge in [0.2, 0.25) is 0 Å². The summed E-state index contributed by atoms with van der Waals surface area (Å²) in [4.78, 5) is 8.60.